The number of hydrogen-bond donors (Lipinski definition) is 1. The van der Waals surface area contributed by atoms with Crippen molar-refractivity contribution in [2.75, 3.05) is 44.9 Å². The standard InChI is InChI=1S/C31H33ClF3N9O7S/c1-51-18-21-3-2-10-41(21)28(46)22-8-9-36-15-23(22)44-27(29(47)40-11-13-52(49,50)14-12-40)37-25(38-44)17-43-30(48)42(16-24(45)31(33,34)35)26(39-43)19-4-6-20(32)7-5-19/h4-9,15,21,24,45H,2-3,10-14,16-18H2,1H3. The minimum absolute atomic E-state index is 0.0651. The highest BCUT2D eigenvalue weighted by atomic mass is 35.5. The van der Waals surface area contributed by atoms with Crippen molar-refractivity contribution in [1.82, 2.24) is 43.9 Å². The van der Waals surface area contributed by atoms with Gasteiger partial charge in [0, 0.05) is 43.5 Å². The highest BCUT2D eigenvalue weighted by molar-refractivity contribution is 7.91. The lowest BCUT2D eigenvalue weighted by molar-refractivity contribution is -0.207. The first-order valence-corrected chi connectivity index (χ1v) is 18.2. The Morgan fingerprint density at radius 2 is 1.79 bits per heavy atom. The Morgan fingerprint density at radius 1 is 1.08 bits per heavy atom. The molecule has 0 saturated carbocycles. The fourth-order valence-electron chi connectivity index (χ4n) is 6.08. The van der Waals surface area contributed by atoms with Crippen LogP contribution in [0.15, 0.2) is 47.5 Å². The van der Waals surface area contributed by atoms with E-state index in [9.17, 15) is 41.1 Å². The van der Waals surface area contributed by atoms with E-state index in [1.807, 2.05) is 0 Å². The fourth-order valence-corrected chi connectivity index (χ4v) is 7.40. The van der Waals surface area contributed by atoms with Gasteiger partial charge in [0.2, 0.25) is 5.82 Å². The molecule has 2 fully saturated rings. The highest BCUT2D eigenvalue weighted by Crippen LogP contribution is 2.26. The molecule has 2 saturated heterocycles. The summed E-state index contributed by atoms with van der Waals surface area (Å²) in [5, 5.41) is 18.9. The van der Waals surface area contributed by atoms with Crippen molar-refractivity contribution in [3.8, 4) is 17.1 Å². The zero-order valence-corrected chi connectivity index (χ0v) is 29.2. The maximum atomic E-state index is 13.9. The summed E-state index contributed by atoms with van der Waals surface area (Å²) < 4.78 is 72.2. The molecule has 0 bridgehead atoms. The summed E-state index contributed by atoms with van der Waals surface area (Å²) in [6.07, 6.45) is -3.78. The van der Waals surface area contributed by atoms with E-state index in [0.717, 1.165) is 15.8 Å². The van der Waals surface area contributed by atoms with Gasteiger partial charge in [-0.2, -0.15) is 13.2 Å². The predicted octanol–water partition coefficient (Wildman–Crippen LogP) is 1.43. The second-order valence-electron chi connectivity index (χ2n) is 12.3. The minimum atomic E-state index is -5.04. The highest BCUT2D eigenvalue weighted by Gasteiger charge is 2.40. The maximum absolute atomic E-state index is 13.9. The molecule has 21 heteroatoms. The van der Waals surface area contributed by atoms with Crippen LogP contribution in [0.5, 0.6) is 0 Å². The van der Waals surface area contributed by atoms with Crippen molar-refractivity contribution in [1.29, 1.82) is 0 Å². The van der Waals surface area contributed by atoms with Gasteiger partial charge in [-0.1, -0.05) is 11.6 Å². The van der Waals surface area contributed by atoms with Crippen LogP contribution in [0, 0.1) is 0 Å². The van der Waals surface area contributed by atoms with Crippen LogP contribution in [0.4, 0.5) is 13.2 Å². The summed E-state index contributed by atoms with van der Waals surface area (Å²) >= 11 is 5.98. The van der Waals surface area contributed by atoms with Crippen LogP contribution in [-0.4, -0.2) is 132 Å². The second kappa shape index (κ2) is 14.8. The Bertz CT molecular complexity index is 2120. The largest absolute Gasteiger partial charge is 0.416 e. The van der Waals surface area contributed by atoms with Gasteiger partial charge < -0.3 is 19.6 Å². The number of likely N-dealkylation sites (tertiary alicyclic amines) is 1. The molecular formula is C31H33ClF3N9O7S. The summed E-state index contributed by atoms with van der Waals surface area (Å²) in [7, 11) is -1.84. The van der Waals surface area contributed by atoms with Crippen molar-refractivity contribution in [3.05, 3.63) is 75.4 Å². The van der Waals surface area contributed by atoms with Crippen LogP contribution in [0.2, 0.25) is 5.02 Å². The minimum Gasteiger partial charge on any atom is -0.383 e. The number of halogens is 4. The van der Waals surface area contributed by atoms with Crippen LogP contribution in [0.25, 0.3) is 17.1 Å². The molecule has 278 valence electrons. The van der Waals surface area contributed by atoms with E-state index in [1.54, 1.807) is 4.90 Å². The number of aliphatic hydroxyl groups excluding tert-OH is 1. The number of nitrogens with zero attached hydrogens (tertiary/aromatic N) is 9. The third-order valence-corrected chi connectivity index (χ3v) is 10.6. The maximum Gasteiger partial charge on any atom is 0.416 e. The number of methoxy groups -OCH3 is 1. The van der Waals surface area contributed by atoms with Crippen molar-refractivity contribution in [2.24, 2.45) is 0 Å². The van der Waals surface area contributed by atoms with Crippen LogP contribution in [0.3, 0.4) is 0 Å². The van der Waals surface area contributed by atoms with Crippen molar-refractivity contribution < 1.29 is 41.0 Å². The summed E-state index contributed by atoms with van der Waals surface area (Å²) in [5.41, 5.74) is -0.641. The summed E-state index contributed by atoms with van der Waals surface area (Å²) in [4.78, 5) is 52.9. The number of aromatic nitrogens is 7. The van der Waals surface area contributed by atoms with Gasteiger partial charge in [-0.3, -0.25) is 19.1 Å². The molecule has 5 heterocycles. The van der Waals surface area contributed by atoms with E-state index in [4.69, 9.17) is 16.3 Å². The molecule has 2 amide bonds. The second-order valence-corrected chi connectivity index (χ2v) is 15.0. The summed E-state index contributed by atoms with van der Waals surface area (Å²) in [6.45, 7) is -1.24. The molecular weight excluding hydrogens is 735 g/mol. The number of amides is 2. The quantitative estimate of drug-likeness (QED) is 0.246. The monoisotopic (exact) mass is 767 g/mol. The van der Waals surface area contributed by atoms with Crippen LogP contribution < -0.4 is 5.69 Å². The van der Waals surface area contributed by atoms with Gasteiger partial charge in [-0.05, 0) is 43.2 Å². The van der Waals surface area contributed by atoms with Crippen molar-refractivity contribution in [3.63, 3.8) is 0 Å². The first-order valence-electron chi connectivity index (χ1n) is 16.0. The van der Waals surface area contributed by atoms with Crippen molar-refractivity contribution >= 4 is 33.3 Å². The predicted molar refractivity (Wildman–Crippen MR) is 178 cm³/mol. The number of hydrogen-bond acceptors (Lipinski definition) is 11. The molecule has 1 aromatic carbocycles. The molecule has 6 rings (SSSR count). The Kier molecular flexibility index (Phi) is 10.5. The van der Waals surface area contributed by atoms with Gasteiger partial charge in [0.15, 0.2) is 27.6 Å². The third kappa shape index (κ3) is 7.74. The lowest BCUT2D eigenvalue weighted by Crippen LogP contribution is -2.44. The first kappa shape index (κ1) is 37.1. The number of sulfone groups is 1. The number of benzene rings is 1. The van der Waals surface area contributed by atoms with Gasteiger partial charge in [0.25, 0.3) is 11.8 Å². The van der Waals surface area contributed by atoms with E-state index in [2.05, 4.69) is 20.2 Å². The molecule has 1 N–H and O–H groups in total. The number of carbonyl (C=O) groups is 2. The lowest BCUT2D eigenvalue weighted by atomic mass is 10.1. The number of rotatable bonds is 10. The van der Waals surface area contributed by atoms with Gasteiger partial charge in [-0.15, -0.1) is 10.2 Å². The average molecular weight is 768 g/mol. The Balaban J connectivity index is 1.43. The van der Waals surface area contributed by atoms with E-state index in [1.165, 1.54) is 54.7 Å². The molecule has 0 radical (unpaired) electrons. The molecule has 4 aromatic rings. The smallest absolute Gasteiger partial charge is 0.383 e. The lowest BCUT2D eigenvalue weighted by Gasteiger charge is -2.27. The summed E-state index contributed by atoms with van der Waals surface area (Å²) in [6, 6.07) is 7.03. The molecule has 0 spiro atoms. The number of carbonyl (C=O) groups excluding carboxylic acids is 2. The number of pyridine rings is 1. The zero-order valence-electron chi connectivity index (χ0n) is 27.6. The normalized spacial score (nSPS) is 18.2. The Labute approximate surface area is 299 Å². The fraction of sp³-hybridized carbons (Fsp3) is 0.452. The topological polar surface area (TPSA) is 188 Å². The van der Waals surface area contributed by atoms with Gasteiger partial charge in [0.05, 0.1) is 48.1 Å². The molecule has 2 aliphatic rings. The molecule has 0 aliphatic carbocycles. The zero-order chi connectivity index (χ0) is 37.4. The Morgan fingerprint density at radius 3 is 2.46 bits per heavy atom. The van der Waals surface area contributed by atoms with E-state index < -0.39 is 46.8 Å². The van der Waals surface area contributed by atoms with E-state index in [-0.39, 0.29) is 70.8 Å². The van der Waals surface area contributed by atoms with E-state index in [0.29, 0.717) is 29.2 Å². The first-order chi connectivity index (χ1) is 24.7. The third-order valence-electron chi connectivity index (χ3n) is 8.78. The van der Waals surface area contributed by atoms with Crippen LogP contribution in [-0.2, 0) is 27.7 Å². The van der Waals surface area contributed by atoms with Gasteiger partial charge in [-0.25, -0.2) is 27.6 Å². The van der Waals surface area contributed by atoms with Crippen molar-refractivity contribution in [2.45, 2.75) is 44.3 Å². The van der Waals surface area contributed by atoms with Gasteiger partial charge >= 0.3 is 11.9 Å². The van der Waals surface area contributed by atoms with E-state index >= 15 is 0 Å². The van der Waals surface area contributed by atoms with Gasteiger partial charge in [0.1, 0.15) is 6.54 Å². The van der Waals surface area contributed by atoms with Crippen LogP contribution >= 0.6 is 11.6 Å². The summed E-state index contributed by atoms with van der Waals surface area (Å²) in [5.74, 6) is -2.41. The number of aliphatic hydroxyl groups is 1. The molecule has 2 atom stereocenters. The molecule has 16 nitrogen and oxygen atoms in total. The molecule has 52 heavy (non-hydrogen) atoms. The average Bonchev–Trinajstić information content (AvgIpc) is 3.83. The Hall–Kier alpha value is -4.66. The molecule has 2 aliphatic heterocycles. The van der Waals surface area contributed by atoms with Crippen LogP contribution in [0.1, 0.15) is 39.6 Å². The SMILES string of the molecule is COCC1CCCN1C(=O)c1ccncc1-n1nc(Cn2nc(-c3ccc(Cl)cc3)n(CC(O)C(F)(F)F)c2=O)nc1C(=O)N1CCS(=O)(=O)CC1. The molecule has 2 unspecified atom stereocenters. The number of ether oxygens (including phenoxy) is 1. The number of alkyl halides is 3. The molecule has 3 aromatic heterocycles.